The monoisotopic (exact) mass is 427 g/mol. The smallest absolute Gasteiger partial charge is 0.335 e. The van der Waals surface area contributed by atoms with Crippen molar-refractivity contribution in [2.45, 2.75) is 12.7 Å². The molecule has 2 amide bonds. The molecule has 1 saturated heterocycles. The molecule has 9 heteroatoms. The van der Waals surface area contributed by atoms with Crippen LogP contribution >= 0.6 is 12.4 Å². The molecule has 2 N–H and O–H groups in total. The highest BCUT2D eigenvalue weighted by atomic mass is 35.5. The minimum Gasteiger partial charge on any atom is -0.335 e. The van der Waals surface area contributed by atoms with E-state index in [1.807, 2.05) is 0 Å². The van der Waals surface area contributed by atoms with Crippen molar-refractivity contribution in [3.63, 3.8) is 0 Å². The number of benzene rings is 2. The van der Waals surface area contributed by atoms with Crippen molar-refractivity contribution in [3.05, 3.63) is 70.8 Å². The first-order valence-electron chi connectivity index (χ1n) is 8.84. The lowest BCUT2D eigenvalue weighted by Gasteiger charge is -2.35. The molecule has 0 radical (unpaired) electrons. The summed E-state index contributed by atoms with van der Waals surface area (Å²) in [6, 6.07) is 11.2. The normalized spacial score (nSPS) is 14.3. The van der Waals surface area contributed by atoms with E-state index < -0.39 is 11.7 Å². The van der Waals surface area contributed by atoms with Crippen LogP contribution in [-0.4, -0.2) is 47.8 Å². The first kappa shape index (κ1) is 22.7. The van der Waals surface area contributed by atoms with Crippen LogP contribution in [0, 0.1) is 0 Å². The fraction of sp³-hybridized carbons (Fsp3) is 0.300. The minimum absolute atomic E-state index is 0. The predicted molar refractivity (Wildman–Crippen MR) is 105 cm³/mol. The molecule has 1 heterocycles. The first-order valence-corrected chi connectivity index (χ1v) is 8.84. The summed E-state index contributed by atoms with van der Waals surface area (Å²) in [4.78, 5) is 28.3. The lowest BCUT2D eigenvalue weighted by Crippen LogP contribution is -2.50. The molecule has 1 aliphatic rings. The zero-order valence-electron chi connectivity index (χ0n) is 15.5. The zero-order valence-corrected chi connectivity index (χ0v) is 16.3. The highest BCUT2D eigenvalue weighted by Gasteiger charge is 2.31. The molecule has 0 aliphatic carbocycles. The lowest BCUT2D eigenvalue weighted by molar-refractivity contribution is -0.137. The summed E-state index contributed by atoms with van der Waals surface area (Å²) in [5, 5.41) is 0. The van der Waals surface area contributed by atoms with Gasteiger partial charge in [-0.3, -0.25) is 9.59 Å². The maximum Gasteiger partial charge on any atom is 0.416 e. The maximum atomic E-state index is 12.6. The number of nitrogens with two attached hydrogens (primary N) is 1. The van der Waals surface area contributed by atoms with Gasteiger partial charge in [0.25, 0.3) is 11.8 Å². The Morgan fingerprint density at radius 3 is 1.52 bits per heavy atom. The summed E-state index contributed by atoms with van der Waals surface area (Å²) in [7, 11) is 0. The van der Waals surface area contributed by atoms with E-state index in [0.717, 1.165) is 17.7 Å². The van der Waals surface area contributed by atoms with Crippen LogP contribution in [0.15, 0.2) is 48.5 Å². The number of halogens is 4. The predicted octanol–water partition coefficient (Wildman–Crippen LogP) is 3.18. The van der Waals surface area contributed by atoms with Crippen LogP contribution in [0.1, 0.15) is 31.8 Å². The van der Waals surface area contributed by atoms with E-state index in [1.54, 1.807) is 34.1 Å². The Labute approximate surface area is 172 Å². The minimum atomic E-state index is -4.43. The second-order valence-electron chi connectivity index (χ2n) is 6.56. The number of carbonyl (C=O) groups is 2. The third-order valence-electron chi connectivity index (χ3n) is 4.75. The molecule has 3 rings (SSSR count). The molecule has 0 spiro atoms. The van der Waals surface area contributed by atoms with E-state index in [2.05, 4.69) is 0 Å². The highest BCUT2D eigenvalue weighted by Crippen LogP contribution is 2.29. The number of nitrogens with zero attached hydrogens (tertiary/aromatic N) is 2. The molecule has 29 heavy (non-hydrogen) atoms. The molecule has 1 aliphatic heterocycles. The fourth-order valence-corrected chi connectivity index (χ4v) is 3.06. The molecule has 0 aromatic heterocycles. The van der Waals surface area contributed by atoms with Crippen LogP contribution in [0.5, 0.6) is 0 Å². The largest absolute Gasteiger partial charge is 0.416 e. The van der Waals surface area contributed by atoms with Gasteiger partial charge in [0.15, 0.2) is 0 Å². The Kier molecular flexibility index (Phi) is 7.26. The molecule has 0 atom stereocenters. The van der Waals surface area contributed by atoms with E-state index in [9.17, 15) is 22.8 Å². The summed E-state index contributed by atoms with van der Waals surface area (Å²) in [6.07, 6.45) is -4.43. The SMILES string of the molecule is Cl.NCc1ccc(C(=O)N2CCN(C(=O)c3ccc(C(F)(F)F)cc3)CC2)cc1. The fourth-order valence-electron chi connectivity index (χ4n) is 3.06. The van der Waals surface area contributed by atoms with Gasteiger partial charge in [0, 0.05) is 43.9 Å². The number of hydrogen-bond donors (Lipinski definition) is 1. The Bertz CT molecular complexity index is 847. The summed E-state index contributed by atoms with van der Waals surface area (Å²) < 4.78 is 37.9. The van der Waals surface area contributed by atoms with Crippen LogP contribution in [0.3, 0.4) is 0 Å². The summed E-state index contributed by atoms with van der Waals surface area (Å²) in [6.45, 7) is 1.78. The van der Waals surface area contributed by atoms with E-state index in [1.165, 1.54) is 12.1 Å². The summed E-state index contributed by atoms with van der Waals surface area (Å²) >= 11 is 0. The first-order chi connectivity index (χ1) is 13.3. The van der Waals surface area contributed by atoms with Gasteiger partial charge in [-0.1, -0.05) is 12.1 Å². The molecule has 0 saturated carbocycles. The average Bonchev–Trinajstić information content (AvgIpc) is 2.72. The topological polar surface area (TPSA) is 66.6 Å². The van der Waals surface area contributed by atoms with Crippen molar-refractivity contribution in [2.24, 2.45) is 5.73 Å². The molecular formula is C20H21ClF3N3O2. The number of alkyl halides is 3. The molecular weight excluding hydrogens is 407 g/mol. The molecule has 5 nitrogen and oxygen atoms in total. The van der Waals surface area contributed by atoms with Crippen molar-refractivity contribution in [2.75, 3.05) is 26.2 Å². The van der Waals surface area contributed by atoms with Crippen LogP contribution < -0.4 is 5.73 Å². The number of carbonyl (C=O) groups excluding carboxylic acids is 2. The van der Waals surface area contributed by atoms with Gasteiger partial charge >= 0.3 is 6.18 Å². The molecule has 2 aromatic rings. The van der Waals surface area contributed by atoms with Crippen LogP contribution in [0.25, 0.3) is 0 Å². The van der Waals surface area contributed by atoms with E-state index in [0.29, 0.717) is 38.3 Å². The Morgan fingerprint density at radius 2 is 1.17 bits per heavy atom. The van der Waals surface area contributed by atoms with Gasteiger partial charge in [0.2, 0.25) is 0 Å². The Balaban J connectivity index is 0.00000300. The summed E-state index contributed by atoms with van der Waals surface area (Å²) in [5.41, 5.74) is 6.45. The van der Waals surface area contributed by atoms with Crippen molar-refractivity contribution >= 4 is 24.2 Å². The van der Waals surface area contributed by atoms with Gasteiger partial charge in [-0.05, 0) is 42.0 Å². The molecule has 2 aromatic carbocycles. The number of piperazine rings is 1. The number of amides is 2. The van der Waals surface area contributed by atoms with Gasteiger partial charge in [0.05, 0.1) is 5.56 Å². The zero-order chi connectivity index (χ0) is 20.3. The van der Waals surface area contributed by atoms with Gasteiger partial charge < -0.3 is 15.5 Å². The standard InChI is InChI=1S/C20H20F3N3O2.ClH/c21-20(22,23)17-7-5-16(6-8-17)19(28)26-11-9-25(10-12-26)18(27)15-3-1-14(13-24)2-4-15;/h1-8H,9-13,24H2;1H. The van der Waals surface area contributed by atoms with Gasteiger partial charge in [-0.25, -0.2) is 0 Å². The average molecular weight is 428 g/mol. The molecule has 1 fully saturated rings. The number of rotatable bonds is 3. The quantitative estimate of drug-likeness (QED) is 0.818. The molecule has 0 unspecified atom stereocenters. The van der Waals surface area contributed by atoms with Crippen molar-refractivity contribution in [3.8, 4) is 0 Å². The third-order valence-corrected chi connectivity index (χ3v) is 4.75. The highest BCUT2D eigenvalue weighted by molar-refractivity contribution is 5.96. The Morgan fingerprint density at radius 1 is 0.793 bits per heavy atom. The van der Waals surface area contributed by atoms with Crippen LogP contribution in [-0.2, 0) is 12.7 Å². The second kappa shape index (κ2) is 9.28. The lowest BCUT2D eigenvalue weighted by atomic mass is 10.1. The van der Waals surface area contributed by atoms with Gasteiger partial charge in [-0.2, -0.15) is 13.2 Å². The van der Waals surface area contributed by atoms with Gasteiger partial charge in [0.1, 0.15) is 0 Å². The second-order valence-corrected chi connectivity index (χ2v) is 6.56. The van der Waals surface area contributed by atoms with Gasteiger partial charge in [-0.15, -0.1) is 12.4 Å². The van der Waals surface area contributed by atoms with Crippen molar-refractivity contribution in [1.82, 2.24) is 9.80 Å². The number of hydrogen-bond acceptors (Lipinski definition) is 3. The maximum absolute atomic E-state index is 12.6. The Hall–Kier alpha value is -2.58. The molecule has 0 bridgehead atoms. The van der Waals surface area contributed by atoms with E-state index in [4.69, 9.17) is 5.73 Å². The third kappa shape index (κ3) is 5.27. The van der Waals surface area contributed by atoms with Crippen molar-refractivity contribution in [1.29, 1.82) is 0 Å². The van der Waals surface area contributed by atoms with E-state index >= 15 is 0 Å². The molecule has 156 valence electrons. The van der Waals surface area contributed by atoms with Crippen LogP contribution in [0.2, 0.25) is 0 Å². The summed E-state index contributed by atoms with van der Waals surface area (Å²) in [5.74, 6) is -0.460. The van der Waals surface area contributed by atoms with Crippen LogP contribution in [0.4, 0.5) is 13.2 Å². The van der Waals surface area contributed by atoms with E-state index in [-0.39, 0.29) is 29.8 Å². The van der Waals surface area contributed by atoms with Crippen molar-refractivity contribution < 1.29 is 22.8 Å².